The molecule has 1 heterocycles. The van der Waals surface area contributed by atoms with Gasteiger partial charge in [-0.05, 0) is 55.5 Å². The molecule has 0 atom stereocenters. The maximum atomic E-state index is 11.4. The highest BCUT2D eigenvalue weighted by molar-refractivity contribution is 7.81. The first kappa shape index (κ1) is 20.5. The zero-order valence-corrected chi connectivity index (χ0v) is 18.1. The quantitative estimate of drug-likeness (QED) is 0.523. The molecule has 158 valence electrons. The van der Waals surface area contributed by atoms with E-state index < -0.39 is 0 Å². The van der Waals surface area contributed by atoms with E-state index in [9.17, 15) is 4.79 Å². The number of nitrogens with zero attached hydrogens (tertiary/aromatic N) is 1. The van der Waals surface area contributed by atoms with E-state index in [0.717, 1.165) is 51.8 Å². The third kappa shape index (κ3) is 4.21. The molecule has 4 rings (SSSR count). The molecule has 0 amide bonds. The van der Waals surface area contributed by atoms with Crippen LogP contribution >= 0.6 is 12.2 Å². The van der Waals surface area contributed by atoms with E-state index in [1.807, 2.05) is 36.4 Å². The van der Waals surface area contributed by atoms with Crippen molar-refractivity contribution in [2.75, 3.05) is 31.0 Å². The van der Waals surface area contributed by atoms with E-state index in [4.69, 9.17) is 21.7 Å². The molecule has 0 aromatic heterocycles. The van der Waals surface area contributed by atoms with E-state index in [2.05, 4.69) is 15.0 Å². The zero-order valence-electron chi connectivity index (χ0n) is 17.3. The van der Waals surface area contributed by atoms with Crippen LogP contribution < -0.4 is 19.7 Å². The van der Waals surface area contributed by atoms with Gasteiger partial charge in [0.05, 0.1) is 20.3 Å². The van der Waals surface area contributed by atoms with Crippen LogP contribution in [-0.4, -0.2) is 37.8 Å². The number of fused-ring (bicyclic) bond motifs is 1. The van der Waals surface area contributed by atoms with Gasteiger partial charge < -0.3 is 24.4 Å². The Bertz CT molecular complexity index is 956. The molecule has 0 unspecified atom stereocenters. The van der Waals surface area contributed by atoms with E-state index >= 15 is 0 Å². The van der Waals surface area contributed by atoms with E-state index in [1.54, 1.807) is 7.11 Å². The summed E-state index contributed by atoms with van der Waals surface area (Å²) in [5, 5.41) is 3.08. The van der Waals surface area contributed by atoms with Crippen LogP contribution in [0, 0.1) is 0 Å². The van der Waals surface area contributed by atoms with Gasteiger partial charge in [-0.1, -0.05) is 18.3 Å². The van der Waals surface area contributed by atoms with Crippen LogP contribution in [0.1, 0.15) is 36.8 Å². The first-order chi connectivity index (χ1) is 14.6. The third-order valence-electron chi connectivity index (χ3n) is 5.63. The van der Waals surface area contributed by atoms with Gasteiger partial charge in [0.1, 0.15) is 11.5 Å². The Morgan fingerprint density at radius 1 is 1.13 bits per heavy atom. The standard InChI is InChI=1S/C23H26N2O4S/c1-27-20-10-9-17(12-21(20)29-18-5-3-4-6-18)25-14-15-7-8-16(11-19(15)23(25)30)24-13-22(26)28-2/h7-12,18,24H,3-6,13-14H2,1-2H3. The minimum atomic E-state index is -0.312. The smallest absolute Gasteiger partial charge is 0.325 e. The molecule has 0 saturated heterocycles. The third-order valence-corrected chi connectivity index (χ3v) is 6.07. The Morgan fingerprint density at radius 3 is 2.67 bits per heavy atom. The summed E-state index contributed by atoms with van der Waals surface area (Å²) in [5.41, 5.74) is 3.96. The predicted octanol–water partition coefficient (Wildman–Crippen LogP) is 4.30. The number of esters is 1. The molecule has 1 fully saturated rings. The molecule has 7 heteroatoms. The highest BCUT2D eigenvalue weighted by atomic mass is 32.1. The number of hydrogen-bond donors (Lipinski definition) is 1. The molecule has 2 aromatic rings. The first-order valence-corrected chi connectivity index (χ1v) is 10.6. The second kappa shape index (κ2) is 8.92. The maximum Gasteiger partial charge on any atom is 0.325 e. The van der Waals surface area contributed by atoms with Crippen LogP contribution in [0.25, 0.3) is 0 Å². The van der Waals surface area contributed by atoms with Crippen molar-refractivity contribution in [1.29, 1.82) is 0 Å². The summed E-state index contributed by atoms with van der Waals surface area (Å²) >= 11 is 5.78. The number of hydrogen-bond acceptors (Lipinski definition) is 6. The fraction of sp³-hybridized carbons (Fsp3) is 0.391. The Labute approximate surface area is 182 Å². The molecule has 1 N–H and O–H groups in total. The van der Waals surface area contributed by atoms with Crippen molar-refractivity contribution < 1.29 is 19.0 Å². The molecular formula is C23H26N2O4S. The number of benzene rings is 2. The van der Waals surface area contributed by atoms with Gasteiger partial charge in [-0.25, -0.2) is 0 Å². The first-order valence-electron chi connectivity index (χ1n) is 10.2. The zero-order chi connectivity index (χ0) is 21.1. The van der Waals surface area contributed by atoms with Crippen LogP contribution in [-0.2, 0) is 16.1 Å². The molecule has 1 aliphatic heterocycles. The number of carbonyl (C=O) groups is 1. The lowest BCUT2D eigenvalue weighted by Gasteiger charge is -2.22. The topological polar surface area (TPSA) is 60.0 Å². The second-order valence-corrected chi connectivity index (χ2v) is 7.94. The van der Waals surface area contributed by atoms with Gasteiger partial charge in [0.15, 0.2) is 11.5 Å². The molecule has 2 aliphatic rings. The number of anilines is 2. The summed E-state index contributed by atoms with van der Waals surface area (Å²) in [4.78, 5) is 14.2. The molecule has 0 spiro atoms. The Kier molecular flexibility index (Phi) is 6.08. The fourth-order valence-electron chi connectivity index (χ4n) is 3.98. The van der Waals surface area contributed by atoms with Gasteiger partial charge in [-0.3, -0.25) is 4.79 Å². The minimum Gasteiger partial charge on any atom is -0.493 e. The van der Waals surface area contributed by atoms with Crippen molar-refractivity contribution in [2.24, 2.45) is 0 Å². The molecule has 0 radical (unpaired) electrons. The molecular weight excluding hydrogens is 400 g/mol. The van der Waals surface area contributed by atoms with Gasteiger partial charge >= 0.3 is 5.97 Å². The molecule has 1 saturated carbocycles. The van der Waals surface area contributed by atoms with Crippen molar-refractivity contribution in [3.63, 3.8) is 0 Å². The molecule has 0 bridgehead atoms. The normalized spacial score (nSPS) is 15.8. The number of carbonyl (C=O) groups excluding carboxylic acids is 1. The van der Waals surface area contributed by atoms with Crippen LogP contribution in [0.2, 0.25) is 0 Å². The van der Waals surface area contributed by atoms with Gasteiger partial charge in [-0.2, -0.15) is 0 Å². The maximum absolute atomic E-state index is 11.4. The van der Waals surface area contributed by atoms with Crippen LogP contribution in [0.15, 0.2) is 36.4 Å². The highest BCUT2D eigenvalue weighted by Crippen LogP contribution is 2.38. The number of rotatable bonds is 7. The summed E-state index contributed by atoms with van der Waals surface area (Å²) in [5.74, 6) is 1.19. The van der Waals surface area contributed by atoms with Crippen molar-refractivity contribution >= 4 is 34.6 Å². The highest BCUT2D eigenvalue weighted by Gasteiger charge is 2.27. The van der Waals surface area contributed by atoms with Crippen molar-refractivity contribution in [1.82, 2.24) is 0 Å². The Morgan fingerprint density at radius 2 is 1.93 bits per heavy atom. The van der Waals surface area contributed by atoms with Gasteiger partial charge in [0.25, 0.3) is 0 Å². The average molecular weight is 427 g/mol. The summed E-state index contributed by atoms with van der Waals surface area (Å²) in [6.07, 6.45) is 4.85. The SMILES string of the molecule is COC(=O)CNc1ccc2c(c1)C(=S)N(c1ccc(OC)c(OC3CCCC3)c1)C2. The monoisotopic (exact) mass is 426 g/mol. The number of nitrogens with one attached hydrogen (secondary N) is 1. The van der Waals surface area contributed by atoms with Crippen LogP contribution in [0.5, 0.6) is 11.5 Å². The number of thiocarbonyl (C=S) groups is 1. The average Bonchev–Trinajstić information content (AvgIpc) is 3.40. The largest absolute Gasteiger partial charge is 0.493 e. The summed E-state index contributed by atoms with van der Waals surface area (Å²) < 4.78 is 16.4. The summed E-state index contributed by atoms with van der Waals surface area (Å²) in [6.45, 7) is 0.812. The van der Waals surface area contributed by atoms with Crippen LogP contribution in [0.3, 0.4) is 0 Å². The molecule has 6 nitrogen and oxygen atoms in total. The number of methoxy groups -OCH3 is 2. The van der Waals surface area contributed by atoms with E-state index in [0.29, 0.717) is 6.54 Å². The lowest BCUT2D eigenvalue weighted by molar-refractivity contribution is -0.138. The van der Waals surface area contributed by atoms with Gasteiger partial charge in [0.2, 0.25) is 0 Å². The number of ether oxygens (including phenoxy) is 3. The molecule has 1 aliphatic carbocycles. The predicted molar refractivity (Wildman–Crippen MR) is 121 cm³/mol. The van der Waals surface area contributed by atoms with Gasteiger partial charge in [-0.15, -0.1) is 0 Å². The molecule has 30 heavy (non-hydrogen) atoms. The van der Waals surface area contributed by atoms with Crippen molar-refractivity contribution in [3.8, 4) is 11.5 Å². The van der Waals surface area contributed by atoms with E-state index in [1.165, 1.54) is 20.0 Å². The lowest BCUT2D eigenvalue weighted by Crippen LogP contribution is -2.22. The van der Waals surface area contributed by atoms with Crippen LogP contribution in [0.4, 0.5) is 11.4 Å². The lowest BCUT2D eigenvalue weighted by atomic mass is 10.1. The summed E-state index contributed by atoms with van der Waals surface area (Å²) in [6, 6.07) is 12.0. The van der Waals surface area contributed by atoms with Crippen molar-refractivity contribution in [3.05, 3.63) is 47.5 Å². The molecule has 2 aromatic carbocycles. The van der Waals surface area contributed by atoms with Gasteiger partial charge in [0, 0.05) is 29.5 Å². The van der Waals surface area contributed by atoms with Crippen molar-refractivity contribution in [2.45, 2.75) is 38.3 Å². The Balaban J connectivity index is 1.54. The minimum absolute atomic E-state index is 0.117. The summed E-state index contributed by atoms with van der Waals surface area (Å²) in [7, 11) is 3.04. The fourth-order valence-corrected chi connectivity index (χ4v) is 4.34. The Hall–Kier alpha value is -2.80. The van der Waals surface area contributed by atoms with E-state index in [-0.39, 0.29) is 18.6 Å². The second-order valence-electron chi connectivity index (χ2n) is 7.55.